The van der Waals surface area contributed by atoms with Crippen LogP contribution in [0.15, 0.2) is 36.8 Å². The first-order valence-corrected chi connectivity index (χ1v) is 10.8. The molecule has 0 aliphatic carbocycles. The molecule has 0 unspecified atom stereocenters. The van der Waals surface area contributed by atoms with Gasteiger partial charge in [-0.05, 0) is 43.4 Å². The molecule has 4 rings (SSSR count). The third-order valence-corrected chi connectivity index (χ3v) is 6.64. The summed E-state index contributed by atoms with van der Waals surface area (Å²) in [5, 5.41) is 8.77. The van der Waals surface area contributed by atoms with E-state index >= 15 is 0 Å². The van der Waals surface area contributed by atoms with Gasteiger partial charge in [0.25, 0.3) is 0 Å². The van der Waals surface area contributed by atoms with Gasteiger partial charge in [0.05, 0.1) is 23.7 Å². The summed E-state index contributed by atoms with van der Waals surface area (Å²) in [6.07, 6.45) is 7.64. The predicted octanol–water partition coefficient (Wildman–Crippen LogP) is 2.13. The smallest absolute Gasteiger partial charge is 0.227 e. The van der Waals surface area contributed by atoms with E-state index in [1.807, 2.05) is 18.2 Å². The van der Waals surface area contributed by atoms with Crippen LogP contribution in [-0.2, 0) is 16.4 Å². The van der Waals surface area contributed by atoms with E-state index in [0.717, 1.165) is 41.0 Å². The number of sulfonamides is 1. The Hall–Kier alpha value is -2.83. The van der Waals surface area contributed by atoms with E-state index in [1.165, 1.54) is 4.31 Å². The van der Waals surface area contributed by atoms with Crippen molar-refractivity contribution in [1.82, 2.24) is 24.2 Å². The van der Waals surface area contributed by atoms with E-state index < -0.39 is 15.8 Å². The van der Waals surface area contributed by atoms with Crippen LogP contribution in [0.4, 0.5) is 0 Å². The Labute approximate surface area is 163 Å². The monoisotopic (exact) mass is 396 g/mol. The maximum absolute atomic E-state index is 12.2. The van der Waals surface area contributed by atoms with Gasteiger partial charge in [-0.3, -0.25) is 4.98 Å². The number of pyridine rings is 1. The first-order valence-electron chi connectivity index (χ1n) is 9.16. The second-order valence-corrected chi connectivity index (χ2v) is 8.92. The zero-order valence-electron chi connectivity index (χ0n) is 15.2. The van der Waals surface area contributed by atoms with Crippen molar-refractivity contribution >= 4 is 21.2 Å². The van der Waals surface area contributed by atoms with Gasteiger partial charge in [-0.2, -0.15) is 5.26 Å². The van der Waals surface area contributed by atoms with Crippen molar-refractivity contribution in [3.8, 4) is 17.3 Å². The molecule has 3 aromatic heterocycles. The van der Waals surface area contributed by atoms with Gasteiger partial charge in [0, 0.05) is 31.0 Å². The van der Waals surface area contributed by atoms with Crippen LogP contribution in [0.2, 0.25) is 0 Å². The van der Waals surface area contributed by atoms with Gasteiger partial charge in [-0.1, -0.05) is 0 Å². The number of piperidine rings is 1. The fraction of sp³-hybridized carbons (Fsp3) is 0.368. The van der Waals surface area contributed by atoms with Gasteiger partial charge in [0.2, 0.25) is 10.0 Å². The van der Waals surface area contributed by atoms with Crippen molar-refractivity contribution in [2.75, 3.05) is 18.8 Å². The molecule has 1 atom stereocenters. The number of hydrogen-bond acceptors (Lipinski definition) is 6. The Bertz CT molecular complexity index is 1130. The topological polar surface area (TPSA) is 116 Å². The van der Waals surface area contributed by atoms with Gasteiger partial charge in [0.15, 0.2) is 11.4 Å². The maximum atomic E-state index is 12.2. The van der Waals surface area contributed by atoms with E-state index in [0.29, 0.717) is 19.5 Å². The number of aromatic nitrogens is 4. The Kier molecular flexibility index (Phi) is 5.07. The molecule has 1 aliphatic rings. The summed E-state index contributed by atoms with van der Waals surface area (Å²) in [5.74, 6) is -0.319. The Morgan fingerprint density at radius 2 is 2.21 bits per heavy atom. The van der Waals surface area contributed by atoms with E-state index in [2.05, 4.69) is 19.9 Å². The quantitative estimate of drug-likeness (QED) is 0.706. The molecule has 0 saturated carbocycles. The van der Waals surface area contributed by atoms with E-state index in [-0.39, 0.29) is 5.92 Å². The van der Waals surface area contributed by atoms with Crippen molar-refractivity contribution in [3.05, 3.63) is 42.5 Å². The number of nitriles is 1. The van der Waals surface area contributed by atoms with E-state index in [9.17, 15) is 8.42 Å². The van der Waals surface area contributed by atoms with Crippen LogP contribution in [0.5, 0.6) is 0 Å². The molecular weight excluding hydrogens is 376 g/mol. The molecule has 0 aromatic carbocycles. The van der Waals surface area contributed by atoms with Crippen LogP contribution in [0, 0.1) is 17.2 Å². The summed E-state index contributed by atoms with van der Waals surface area (Å²) in [7, 11) is -3.51. The summed E-state index contributed by atoms with van der Waals surface area (Å²) < 4.78 is 25.9. The van der Waals surface area contributed by atoms with E-state index in [4.69, 9.17) is 5.26 Å². The van der Waals surface area contributed by atoms with Crippen LogP contribution < -0.4 is 0 Å². The Morgan fingerprint density at radius 1 is 1.32 bits per heavy atom. The molecule has 0 bridgehead atoms. The third-order valence-electron chi connectivity index (χ3n) is 5.03. The number of nitrogens with zero attached hydrogens (tertiary/aromatic N) is 5. The van der Waals surface area contributed by atoms with Gasteiger partial charge in [-0.25, -0.2) is 22.7 Å². The third kappa shape index (κ3) is 3.74. The van der Waals surface area contributed by atoms with E-state index in [1.54, 1.807) is 24.7 Å². The molecular formula is C19H20N6O2S. The first kappa shape index (κ1) is 18.5. The summed E-state index contributed by atoms with van der Waals surface area (Å²) in [6, 6.07) is 7.47. The van der Waals surface area contributed by atoms with Crippen molar-refractivity contribution in [2.45, 2.75) is 19.3 Å². The van der Waals surface area contributed by atoms with Crippen molar-refractivity contribution in [2.24, 2.45) is 5.92 Å². The zero-order valence-corrected chi connectivity index (χ0v) is 16.1. The highest BCUT2D eigenvalue weighted by Gasteiger charge is 2.29. The lowest BCUT2D eigenvalue weighted by Crippen LogP contribution is -2.41. The molecule has 0 amide bonds. The lowest BCUT2D eigenvalue weighted by atomic mass is 9.92. The molecule has 3 aromatic rings. The highest BCUT2D eigenvalue weighted by atomic mass is 32.2. The normalized spacial score (nSPS) is 18.2. The van der Waals surface area contributed by atoms with Crippen LogP contribution in [-0.4, -0.2) is 51.5 Å². The number of nitrogens with one attached hydrogen (secondary N) is 1. The molecule has 0 radical (unpaired) electrons. The lowest BCUT2D eigenvalue weighted by molar-refractivity contribution is 0.265. The van der Waals surface area contributed by atoms with Crippen LogP contribution in [0.25, 0.3) is 22.4 Å². The lowest BCUT2D eigenvalue weighted by Gasteiger charge is -2.31. The fourth-order valence-electron chi connectivity index (χ4n) is 3.69. The minimum atomic E-state index is -3.51. The summed E-state index contributed by atoms with van der Waals surface area (Å²) >= 11 is 0. The Balaban J connectivity index is 1.58. The summed E-state index contributed by atoms with van der Waals surface area (Å²) in [6.45, 7) is 0.897. The molecule has 9 heteroatoms. The maximum Gasteiger partial charge on any atom is 0.227 e. The highest BCUT2D eigenvalue weighted by molar-refractivity contribution is 7.89. The average Bonchev–Trinajstić information content (AvgIpc) is 3.16. The zero-order chi connectivity index (χ0) is 19.6. The predicted molar refractivity (Wildman–Crippen MR) is 105 cm³/mol. The fourth-order valence-corrected chi connectivity index (χ4v) is 4.88. The molecule has 4 heterocycles. The molecule has 1 fully saturated rings. The van der Waals surface area contributed by atoms with Gasteiger partial charge < -0.3 is 4.98 Å². The van der Waals surface area contributed by atoms with Gasteiger partial charge >= 0.3 is 0 Å². The minimum absolute atomic E-state index is 0.153. The van der Waals surface area contributed by atoms with Gasteiger partial charge in [-0.15, -0.1) is 0 Å². The number of fused-ring (bicyclic) bond motifs is 1. The largest absolute Gasteiger partial charge is 0.345 e. The second-order valence-electron chi connectivity index (χ2n) is 6.95. The highest BCUT2D eigenvalue weighted by Crippen LogP contribution is 2.27. The molecule has 28 heavy (non-hydrogen) atoms. The standard InChI is InChI=1S/C19H20N6O2S/c20-6-10-28(26,27)25-9-2-3-14(13-25)11-17-15(4-1-7-21-17)18-12-23-19-16(24-18)5-8-22-19/h1,4-5,7-8,12,14H,2-3,9-11,13H2,(H,22,23)/t14-/m1/s1. The van der Waals surface area contributed by atoms with Crippen molar-refractivity contribution in [1.29, 1.82) is 5.26 Å². The SMILES string of the molecule is N#CCS(=O)(=O)N1CCC[C@H](Cc2ncccc2-c2cnc3[nH]ccc3n2)C1. The average molecular weight is 396 g/mol. The molecule has 1 N–H and O–H groups in total. The number of rotatable bonds is 5. The summed E-state index contributed by atoms with van der Waals surface area (Å²) in [4.78, 5) is 16.6. The Morgan fingerprint density at radius 3 is 3.07 bits per heavy atom. The van der Waals surface area contributed by atoms with Crippen LogP contribution in [0.3, 0.4) is 0 Å². The van der Waals surface area contributed by atoms with Crippen molar-refractivity contribution < 1.29 is 8.42 Å². The molecule has 1 aliphatic heterocycles. The number of hydrogen-bond donors (Lipinski definition) is 1. The minimum Gasteiger partial charge on any atom is -0.345 e. The molecule has 1 saturated heterocycles. The molecule has 8 nitrogen and oxygen atoms in total. The molecule has 144 valence electrons. The van der Waals surface area contributed by atoms with Crippen LogP contribution in [0.1, 0.15) is 18.5 Å². The first-order chi connectivity index (χ1) is 13.6. The second kappa shape index (κ2) is 7.66. The van der Waals surface area contributed by atoms with Crippen molar-refractivity contribution in [3.63, 3.8) is 0 Å². The van der Waals surface area contributed by atoms with Crippen LogP contribution >= 0.6 is 0 Å². The molecule has 0 spiro atoms. The van der Waals surface area contributed by atoms with Gasteiger partial charge in [0.1, 0.15) is 5.52 Å². The summed E-state index contributed by atoms with van der Waals surface area (Å²) in [5.41, 5.74) is 4.07. The number of aromatic amines is 1. The number of H-pyrrole nitrogens is 1.